The molecule has 0 fully saturated rings. The Morgan fingerprint density at radius 3 is 2.17 bits per heavy atom. The van der Waals surface area contributed by atoms with Crippen molar-refractivity contribution in [1.82, 2.24) is 4.98 Å². The van der Waals surface area contributed by atoms with Crippen LogP contribution in [0.4, 0.5) is 17.6 Å². The number of pyridine rings is 1. The summed E-state index contributed by atoms with van der Waals surface area (Å²) in [6, 6.07) is 4.81. The summed E-state index contributed by atoms with van der Waals surface area (Å²) < 4.78 is 50.4. The van der Waals surface area contributed by atoms with Crippen LogP contribution in [0, 0.1) is 5.82 Å². The molecule has 0 bridgehead atoms. The van der Waals surface area contributed by atoms with Crippen LogP contribution in [0.1, 0.15) is 5.56 Å². The molecule has 0 aliphatic heterocycles. The monoisotopic (exact) mass is 257 g/mol. The van der Waals surface area contributed by atoms with Gasteiger partial charge in [-0.25, -0.2) is 9.37 Å². The van der Waals surface area contributed by atoms with Gasteiger partial charge < -0.3 is 5.11 Å². The summed E-state index contributed by atoms with van der Waals surface area (Å²) in [6.07, 6.45) is -3.41. The number of nitrogens with zero attached hydrogens (tertiary/aromatic N) is 1. The molecule has 1 heterocycles. The van der Waals surface area contributed by atoms with Crippen LogP contribution in [-0.4, -0.2) is 10.1 Å². The van der Waals surface area contributed by atoms with Gasteiger partial charge in [0.15, 0.2) is 5.82 Å². The molecule has 0 spiro atoms. The third-order valence-electron chi connectivity index (χ3n) is 2.31. The average molecular weight is 257 g/mol. The number of halogens is 4. The SMILES string of the molecule is Oc1cnc(-c2ccc(C(F)(F)F)cc2)c(F)c1. The molecule has 0 radical (unpaired) electrons. The van der Waals surface area contributed by atoms with E-state index in [1.807, 2.05) is 0 Å². The third kappa shape index (κ3) is 2.42. The topological polar surface area (TPSA) is 33.1 Å². The Morgan fingerprint density at radius 2 is 1.67 bits per heavy atom. The predicted molar refractivity (Wildman–Crippen MR) is 56.3 cm³/mol. The van der Waals surface area contributed by atoms with Crippen molar-refractivity contribution < 1.29 is 22.7 Å². The van der Waals surface area contributed by atoms with Crippen LogP contribution in [0.25, 0.3) is 11.3 Å². The van der Waals surface area contributed by atoms with Crippen LogP contribution in [0.5, 0.6) is 5.75 Å². The fraction of sp³-hybridized carbons (Fsp3) is 0.0833. The van der Waals surface area contributed by atoms with Gasteiger partial charge in [0.1, 0.15) is 11.4 Å². The number of benzene rings is 1. The van der Waals surface area contributed by atoms with E-state index in [9.17, 15) is 17.6 Å². The minimum Gasteiger partial charge on any atom is -0.506 e. The molecule has 0 saturated carbocycles. The highest BCUT2D eigenvalue weighted by molar-refractivity contribution is 5.60. The van der Waals surface area contributed by atoms with E-state index in [1.165, 1.54) is 0 Å². The van der Waals surface area contributed by atoms with E-state index in [0.29, 0.717) is 0 Å². The second-order valence-corrected chi connectivity index (χ2v) is 3.60. The molecule has 94 valence electrons. The van der Waals surface area contributed by atoms with E-state index in [-0.39, 0.29) is 17.0 Å². The molecule has 1 N–H and O–H groups in total. The average Bonchev–Trinajstić information content (AvgIpc) is 2.28. The Balaban J connectivity index is 2.41. The first-order chi connectivity index (χ1) is 8.38. The second kappa shape index (κ2) is 4.29. The van der Waals surface area contributed by atoms with Crippen molar-refractivity contribution in [3.63, 3.8) is 0 Å². The van der Waals surface area contributed by atoms with Gasteiger partial charge >= 0.3 is 6.18 Å². The van der Waals surface area contributed by atoms with E-state index >= 15 is 0 Å². The Bertz CT molecular complexity index is 563. The van der Waals surface area contributed by atoms with Gasteiger partial charge in [-0.15, -0.1) is 0 Å². The first-order valence-corrected chi connectivity index (χ1v) is 4.90. The quantitative estimate of drug-likeness (QED) is 0.791. The minimum absolute atomic E-state index is 0.110. The lowest BCUT2D eigenvalue weighted by molar-refractivity contribution is -0.137. The summed E-state index contributed by atoms with van der Waals surface area (Å²) in [7, 11) is 0. The molecule has 0 unspecified atom stereocenters. The molecule has 18 heavy (non-hydrogen) atoms. The first-order valence-electron chi connectivity index (χ1n) is 4.90. The number of aromatic nitrogens is 1. The zero-order chi connectivity index (χ0) is 13.3. The van der Waals surface area contributed by atoms with Crippen LogP contribution < -0.4 is 0 Å². The molecule has 0 amide bonds. The Morgan fingerprint density at radius 1 is 1.06 bits per heavy atom. The lowest BCUT2D eigenvalue weighted by Crippen LogP contribution is -2.04. The number of rotatable bonds is 1. The summed E-state index contributed by atoms with van der Waals surface area (Å²) >= 11 is 0. The molecular formula is C12H7F4NO. The smallest absolute Gasteiger partial charge is 0.416 e. The standard InChI is InChI=1S/C12H7F4NO/c13-10-5-9(18)6-17-11(10)7-1-3-8(4-2-7)12(14,15)16/h1-6,18H. The van der Waals surface area contributed by atoms with Gasteiger partial charge in [0, 0.05) is 11.6 Å². The molecule has 2 aromatic rings. The molecule has 0 aliphatic carbocycles. The molecule has 0 saturated heterocycles. The van der Waals surface area contributed by atoms with Crippen molar-refractivity contribution >= 4 is 0 Å². The Hall–Kier alpha value is -2.11. The zero-order valence-electron chi connectivity index (χ0n) is 8.87. The van der Waals surface area contributed by atoms with Crippen LogP contribution >= 0.6 is 0 Å². The predicted octanol–water partition coefficient (Wildman–Crippen LogP) is 3.61. The molecule has 2 rings (SSSR count). The Labute approximate surface area is 99.5 Å². The van der Waals surface area contributed by atoms with E-state index < -0.39 is 17.6 Å². The molecular weight excluding hydrogens is 250 g/mol. The van der Waals surface area contributed by atoms with Crippen molar-refractivity contribution in [3.05, 3.63) is 47.9 Å². The highest BCUT2D eigenvalue weighted by atomic mass is 19.4. The van der Waals surface area contributed by atoms with Crippen LogP contribution in [0.3, 0.4) is 0 Å². The number of hydrogen-bond acceptors (Lipinski definition) is 2. The number of hydrogen-bond donors (Lipinski definition) is 1. The van der Waals surface area contributed by atoms with E-state index in [4.69, 9.17) is 5.11 Å². The summed E-state index contributed by atoms with van der Waals surface area (Å²) in [5.74, 6) is -1.14. The lowest BCUT2D eigenvalue weighted by atomic mass is 10.1. The minimum atomic E-state index is -4.43. The van der Waals surface area contributed by atoms with E-state index in [2.05, 4.69) is 4.98 Å². The molecule has 1 aromatic carbocycles. The molecule has 1 aromatic heterocycles. The zero-order valence-corrected chi connectivity index (χ0v) is 8.87. The van der Waals surface area contributed by atoms with Gasteiger partial charge in [0.25, 0.3) is 0 Å². The second-order valence-electron chi connectivity index (χ2n) is 3.60. The van der Waals surface area contributed by atoms with Crippen LogP contribution in [0.15, 0.2) is 36.5 Å². The third-order valence-corrected chi connectivity index (χ3v) is 2.31. The van der Waals surface area contributed by atoms with E-state index in [1.54, 1.807) is 0 Å². The van der Waals surface area contributed by atoms with Gasteiger partial charge in [-0.3, -0.25) is 0 Å². The summed E-state index contributed by atoms with van der Waals surface area (Å²) in [4.78, 5) is 3.63. The van der Waals surface area contributed by atoms with Gasteiger partial charge in [-0.1, -0.05) is 12.1 Å². The van der Waals surface area contributed by atoms with Gasteiger partial charge in [0.2, 0.25) is 0 Å². The van der Waals surface area contributed by atoms with E-state index in [0.717, 1.165) is 36.5 Å². The van der Waals surface area contributed by atoms with Gasteiger partial charge in [-0.05, 0) is 12.1 Å². The molecule has 2 nitrogen and oxygen atoms in total. The van der Waals surface area contributed by atoms with Gasteiger partial charge in [-0.2, -0.15) is 13.2 Å². The molecule has 0 atom stereocenters. The van der Waals surface area contributed by atoms with Crippen LogP contribution in [-0.2, 0) is 6.18 Å². The van der Waals surface area contributed by atoms with Crippen LogP contribution in [0.2, 0.25) is 0 Å². The van der Waals surface area contributed by atoms with Gasteiger partial charge in [0.05, 0.1) is 11.8 Å². The maximum Gasteiger partial charge on any atom is 0.416 e. The first kappa shape index (κ1) is 12.3. The normalized spacial score (nSPS) is 11.6. The van der Waals surface area contributed by atoms with Crippen molar-refractivity contribution in [2.45, 2.75) is 6.18 Å². The Kier molecular flexibility index (Phi) is 2.94. The van der Waals surface area contributed by atoms with Crippen molar-refractivity contribution in [1.29, 1.82) is 0 Å². The maximum atomic E-state index is 13.4. The highest BCUT2D eigenvalue weighted by Gasteiger charge is 2.30. The van der Waals surface area contributed by atoms with Crippen molar-refractivity contribution in [2.75, 3.05) is 0 Å². The summed E-state index contributed by atoms with van der Waals surface area (Å²) in [6.45, 7) is 0. The molecule has 6 heteroatoms. The summed E-state index contributed by atoms with van der Waals surface area (Å²) in [5.41, 5.74) is -0.715. The fourth-order valence-corrected chi connectivity index (χ4v) is 1.46. The molecule has 0 aliphatic rings. The lowest BCUT2D eigenvalue weighted by Gasteiger charge is -2.07. The van der Waals surface area contributed by atoms with Crippen molar-refractivity contribution in [3.8, 4) is 17.0 Å². The maximum absolute atomic E-state index is 13.4. The summed E-state index contributed by atoms with van der Waals surface area (Å²) in [5, 5.41) is 8.98. The highest BCUT2D eigenvalue weighted by Crippen LogP contribution is 2.31. The van der Waals surface area contributed by atoms with Crippen molar-refractivity contribution in [2.24, 2.45) is 0 Å². The largest absolute Gasteiger partial charge is 0.506 e. The fourth-order valence-electron chi connectivity index (χ4n) is 1.46. The number of aromatic hydroxyl groups is 1. The number of alkyl halides is 3.